The van der Waals surface area contributed by atoms with Crippen molar-refractivity contribution in [2.75, 3.05) is 0 Å². The molecule has 102 valence electrons. The lowest BCUT2D eigenvalue weighted by Gasteiger charge is -2.09. The Morgan fingerprint density at radius 3 is 2.63 bits per heavy atom. The predicted octanol–water partition coefficient (Wildman–Crippen LogP) is 5.09. The van der Waals surface area contributed by atoms with Crippen LogP contribution in [0.2, 0.25) is 0 Å². The van der Waals surface area contributed by atoms with Gasteiger partial charge in [-0.2, -0.15) is 0 Å². The Labute approximate surface area is 119 Å². The molecule has 0 fully saturated rings. The molecule has 0 aliphatic heterocycles. The summed E-state index contributed by atoms with van der Waals surface area (Å²) in [4.78, 5) is 15.1. The topological polar surface area (TPSA) is 17.1 Å². The highest BCUT2D eigenvalue weighted by molar-refractivity contribution is 7.14. The monoisotopic (exact) mass is 274 g/mol. The predicted molar refractivity (Wildman–Crippen MR) is 81.1 cm³/mol. The highest BCUT2D eigenvalue weighted by atomic mass is 32.1. The first-order valence-corrected chi connectivity index (χ1v) is 8.51. The van der Waals surface area contributed by atoms with Crippen molar-refractivity contribution in [3.8, 4) is 0 Å². The molecule has 0 saturated heterocycles. The molecule has 2 aliphatic carbocycles. The van der Waals surface area contributed by atoms with Gasteiger partial charge in [-0.3, -0.25) is 4.79 Å². The molecular formula is C17H22OS. The van der Waals surface area contributed by atoms with Gasteiger partial charge in [0.25, 0.3) is 0 Å². The van der Waals surface area contributed by atoms with Crippen molar-refractivity contribution in [1.82, 2.24) is 0 Å². The number of carbonyl (C=O) groups excluding carboxylic acids is 1. The number of hydrogen-bond acceptors (Lipinski definition) is 2. The summed E-state index contributed by atoms with van der Waals surface area (Å²) in [6.45, 7) is 0. The fourth-order valence-corrected chi connectivity index (χ4v) is 4.39. The average Bonchev–Trinajstić information content (AvgIpc) is 2.81. The zero-order chi connectivity index (χ0) is 13.1. The zero-order valence-corrected chi connectivity index (χ0v) is 12.4. The van der Waals surface area contributed by atoms with Crippen LogP contribution in [0.4, 0.5) is 0 Å². The van der Waals surface area contributed by atoms with E-state index in [1.165, 1.54) is 61.8 Å². The van der Waals surface area contributed by atoms with Gasteiger partial charge in [-0.25, -0.2) is 0 Å². The molecule has 0 unspecified atom stereocenters. The normalized spacial score (nSPS) is 20.1. The zero-order valence-electron chi connectivity index (χ0n) is 11.5. The second-order valence-corrected chi connectivity index (χ2v) is 6.91. The Morgan fingerprint density at radius 1 is 0.947 bits per heavy atom. The number of Topliss-reactive ketones (excluding diaryl/α,β-unsaturated/α-hetero) is 1. The van der Waals surface area contributed by atoms with E-state index in [1.807, 2.05) is 0 Å². The third kappa shape index (κ3) is 3.00. The second kappa shape index (κ2) is 6.04. The Balaban J connectivity index is 1.80. The third-order valence-corrected chi connectivity index (χ3v) is 5.54. The van der Waals surface area contributed by atoms with Crippen molar-refractivity contribution in [2.24, 2.45) is 0 Å². The Kier molecular flexibility index (Phi) is 4.17. The summed E-state index contributed by atoms with van der Waals surface area (Å²) in [7, 11) is 0. The van der Waals surface area contributed by atoms with Gasteiger partial charge < -0.3 is 0 Å². The highest BCUT2D eigenvalue weighted by Crippen LogP contribution is 2.32. The lowest BCUT2D eigenvalue weighted by molar-refractivity contribution is 0.103. The van der Waals surface area contributed by atoms with Crippen LogP contribution in [0, 0.1) is 0 Å². The van der Waals surface area contributed by atoms with Gasteiger partial charge >= 0.3 is 0 Å². The summed E-state index contributed by atoms with van der Waals surface area (Å²) in [5.41, 5.74) is 2.53. The molecule has 0 spiro atoms. The minimum absolute atomic E-state index is 0.321. The molecule has 0 atom stereocenters. The number of thiophene rings is 1. The van der Waals surface area contributed by atoms with Gasteiger partial charge in [0.15, 0.2) is 5.78 Å². The van der Waals surface area contributed by atoms with Crippen molar-refractivity contribution in [3.05, 3.63) is 33.0 Å². The summed E-state index contributed by atoms with van der Waals surface area (Å²) in [6.07, 6.45) is 14.3. The van der Waals surface area contributed by atoms with Gasteiger partial charge in [-0.05, 0) is 68.6 Å². The summed E-state index contributed by atoms with van der Waals surface area (Å²) >= 11 is 1.76. The largest absolute Gasteiger partial charge is 0.288 e. The van der Waals surface area contributed by atoms with E-state index in [4.69, 9.17) is 0 Å². The summed E-state index contributed by atoms with van der Waals surface area (Å²) in [5.74, 6) is 0.321. The first-order chi connectivity index (χ1) is 9.34. The van der Waals surface area contributed by atoms with Crippen LogP contribution in [-0.4, -0.2) is 5.78 Å². The number of aryl methyl sites for hydroxylation is 2. The van der Waals surface area contributed by atoms with Crippen molar-refractivity contribution in [1.29, 1.82) is 0 Å². The van der Waals surface area contributed by atoms with E-state index < -0.39 is 0 Å². The fraction of sp³-hybridized carbons (Fsp3) is 0.588. The number of hydrogen-bond donors (Lipinski definition) is 0. The van der Waals surface area contributed by atoms with Crippen LogP contribution < -0.4 is 0 Å². The van der Waals surface area contributed by atoms with E-state index >= 15 is 0 Å². The number of carbonyl (C=O) groups is 1. The van der Waals surface area contributed by atoms with Crippen LogP contribution in [0.5, 0.6) is 0 Å². The molecule has 2 aliphatic rings. The standard InChI is InChI=1S/C17H22OS/c18-17(13-8-4-2-1-3-5-9-13)16-12-14-10-6-7-11-15(14)19-16/h8,12H,1-7,9-11H2. The van der Waals surface area contributed by atoms with Gasteiger partial charge in [0.2, 0.25) is 0 Å². The fourth-order valence-electron chi connectivity index (χ4n) is 3.16. The first-order valence-electron chi connectivity index (χ1n) is 7.70. The average molecular weight is 274 g/mol. The molecule has 0 radical (unpaired) electrons. The quantitative estimate of drug-likeness (QED) is 0.686. The Hall–Kier alpha value is -0.890. The van der Waals surface area contributed by atoms with E-state index in [1.54, 1.807) is 11.3 Å². The number of allylic oxidation sites excluding steroid dienone is 2. The van der Waals surface area contributed by atoms with Crippen LogP contribution in [0.1, 0.15) is 71.5 Å². The first kappa shape index (κ1) is 13.1. The van der Waals surface area contributed by atoms with Crippen LogP contribution in [0.3, 0.4) is 0 Å². The maximum atomic E-state index is 12.6. The molecular weight excluding hydrogens is 252 g/mol. The summed E-state index contributed by atoms with van der Waals surface area (Å²) in [5, 5.41) is 0. The second-order valence-electron chi connectivity index (χ2n) is 5.78. The van der Waals surface area contributed by atoms with Crippen LogP contribution in [-0.2, 0) is 12.8 Å². The molecule has 1 aromatic heterocycles. The van der Waals surface area contributed by atoms with E-state index in [0.717, 1.165) is 23.3 Å². The molecule has 0 bridgehead atoms. The van der Waals surface area contributed by atoms with Crippen molar-refractivity contribution < 1.29 is 4.79 Å². The molecule has 1 aromatic rings. The minimum atomic E-state index is 0.321. The van der Waals surface area contributed by atoms with Crippen LogP contribution >= 0.6 is 11.3 Å². The molecule has 2 heteroatoms. The molecule has 0 N–H and O–H groups in total. The maximum Gasteiger partial charge on any atom is 0.198 e. The molecule has 19 heavy (non-hydrogen) atoms. The molecule has 0 saturated carbocycles. The molecule has 3 rings (SSSR count). The maximum absolute atomic E-state index is 12.6. The van der Waals surface area contributed by atoms with Crippen molar-refractivity contribution >= 4 is 17.1 Å². The van der Waals surface area contributed by atoms with E-state index in [2.05, 4.69) is 12.1 Å². The summed E-state index contributed by atoms with van der Waals surface area (Å²) < 4.78 is 0. The molecule has 1 heterocycles. The van der Waals surface area contributed by atoms with Crippen molar-refractivity contribution in [3.63, 3.8) is 0 Å². The summed E-state index contributed by atoms with van der Waals surface area (Å²) in [6, 6.07) is 2.18. The molecule has 1 nitrogen and oxygen atoms in total. The number of rotatable bonds is 2. The lowest BCUT2D eigenvalue weighted by Crippen LogP contribution is -2.03. The van der Waals surface area contributed by atoms with E-state index in [-0.39, 0.29) is 0 Å². The SMILES string of the molecule is O=C(C1=CCCCCCC1)c1cc2c(s1)CCCC2. The van der Waals surface area contributed by atoms with Crippen LogP contribution in [0.15, 0.2) is 17.7 Å². The smallest absolute Gasteiger partial charge is 0.198 e. The van der Waals surface area contributed by atoms with E-state index in [0.29, 0.717) is 5.78 Å². The van der Waals surface area contributed by atoms with Gasteiger partial charge in [0, 0.05) is 4.88 Å². The highest BCUT2D eigenvalue weighted by Gasteiger charge is 2.19. The van der Waals surface area contributed by atoms with E-state index in [9.17, 15) is 4.79 Å². The Bertz CT molecular complexity index is 472. The van der Waals surface area contributed by atoms with Gasteiger partial charge in [0.1, 0.15) is 0 Å². The Morgan fingerprint density at radius 2 is 1.74 bits per heavy atom. The van der Waals surface area contributed by atoms with Crippen LogP contribution in [0.25, 0.3) is 0 Å². The third-order valence-electron chi connectivity index (χ3n) is 4.30. The lowest BCUT2D eigenvalue weighted by atomic mass is 9.95. The molecule has 0 amide bonds. The minimum Gasteiger partial charge on any atom is -0.288 e. The molecule has 0 aromatic carbocycles. The van der Waals surface area contributed by atoms with Crippen molar-refractivity contribution in [2.45, 2.75) is 64.2 Å². The number of ketones is 1. The van der Waals surface area contributed by atoms with Gasteiger partial charge in [-0.15, -0.1) is 11.3 Å². The number of fused-ring (bicyclic) bond motifs is 1. The van der Waals surface area contributed by atoms with Gasteiger partial charge in [0.05, 0.1) is 4.88 Å². The van der Waals surface area contributed by atoms with Gasteiger partial charge in [-0.1, -0.05) is 18.9 Å².